The number of benzene rings is 3. The lowest BCUT2D eigenvalue weighted by Gasteiger charge is -2.24. The molecular weight excluding hydrogens is 427 g/mol. The summed E-state index contributed by atoms with van der Waals surface area (Å²) in [5.41, 5.74) is 2.14. The van der Waals surface area contributed by atoms with Crippen LogP contribution in [0.15, 0.2) is 66.7 Å². The third kappa shape index (κ3) is 3.14. The van der Waals surface area contributed by atoms with E-state index in [0.717, 1.165) is 4.90 Å². The van der Waals surface area contributed by atoms with Gasteiger partial charge in [-0.05, 0) is 35.9 Å². The fraction of sp³-hybridized carbons (Fsp3) is 0.160. The van der Waals surface area contributed by atoms with Crippen LogP contribution < -0.4 is 14.2 Å². The Morgan fingerprint density at radius 3 is 2.61 bits per heavy atom. The predicted molar refractivity (Wildman–Crippen MR) is 114 cm³/mol. The quantitative estimate of drug-likeness (QED) is 0.576. The van der Waals surface area contributed by atoms with Gasteiger partial charge in [-0.25, -0.2) is 9.18 Å². The van der Waals surface area contributed by atoms with Crippen LogP contribution in [-0.4, -0.2) is 40.0 Å². The number of carbonyl (C=O) groups is 2. The topological polar surface area (TPSA) is 68.1 Å². The van der Waals surface area contributed by atoms with Crippen LogP contribution in [0.25, 0.3) is 0 Å². The first kappa shape index (κ1) is 19.5. The standard InChI is InChI=1S/C25H18FN2O5/c26-18-7-3-1-5-16(18)13-27-22-17-6-2-4-8-19(17)33-23(22)24(29)28(25(27)30)12-15-9-10-20-21(11-15)32-14-31-20/h1-11,23H,12-14H2/q+1. The molecular formula is C25H18FN2O5+. The summed E-state index contributed by atoms with van der Waals surface area (Å²) in [6.45, 7) is 0.120. The molecule has 0 fully saturated rings. The zero-order chi connectivity index (χ0) is 22.5. The smallest absolute Gasteiger partial charge is 0.469 e. The molecule has 0 saturated heterocycles. The summed E-state index contributed by atoms with van der Waals surface area (Å²) in [5, 5.41) is 0. The number of amides is 3. The second kappa shape index (κ2) is 7.44. The van der Waals surface area contributed by atoms with Gasteiger partial charge in [0.15, 0.2) is 17.2 Å². The van der Waals surface area contributed by atoms with Crippen LogP contribution in [0.3, 0.4) is 0 Å². The highest BCUT2D eigenvalue weighted by Crippen LogP contribution is 2.35. The van der Waals surface area contributed by atoms with Gasteiger partial charge in [0.1, 0.15) is 24.7 Å². The molecule has 0 radical (unpaired) electrons. The number of para-hydroxylation sites is 1. The van der Waals surface area contributed by atoms with Crippen LogP contribution in [0.2, 0.25) is 0 Å². The number of imide groups is 1. The van der Waals surface area contributed by atoms with E-state index in [1.807, 2.05) is 6.07 Å². The Labute approximate surface area is 188 Å². The SMILES string of the molecule is O=C1C2Oc3ccccc3C2=[N+](Cc2ccccc2F)C(=O)N1Cc1ccc2c(c1)OCO2. The van der Waals surface area contributed by atoms with Crippen LogP contribution in [0, 0.1) is 5.82 Å². The normalized spacial score (nSPS) is 18.3. The molecule has 0 spiro atoms. The highest BCUT2D eigenvalue weighted by molar-refractivity contribution is 6.21. The molecule has 6 rings (SSSR count). The lowest BCUT2D eigenvalue weighted by molar-refractivity contribution is -0.457. The van der Waals surface area contributed by atoms with Gasteiger partial charge < -0.3 is 14.2 Å². The van der Waals surface area contributed by atoms with Crippen molar-refractivity contribution in [3.05, 3.63) is 89.2 Å². The van der Waals surface area contributed by atoms with Crippen LogP contribution in [-0.2, 0) is 17.9 Å². The van der Waals surface area contributed by atoms with E-state index in [0.29, 0.717) is 39.7 Å². The summed E-state index contributed by atoms with van der Waals surface area (Å²) in [6.07, 6.45) is -0.985. The second-order valence-electron chi connectivity index (χ2n) is 7.95. The maximum atomic E-state index is 14.5. The minimum absolute atomic E-state index is 0.0194. The first-order valence-electron chi connectivity index (χ1n) is 10.5. The van der Waals surface area contributed by atoms with E-state index in [4.69, 9.17) is 14.2 Å². The maximum absolute atomic E-state index is 14.5. The van der Waals surface area contributed by atoms with Crippen molar-refractivity contribution < 1.29 is 32.8 Å². The predicted octanol–water partition coefficient (Wildman–Crippen LogP) is 3.48. The van der Waals surface area contributed by atoms with Gasteiger partial charge in [0.05, 0.1) is 5.56 Å². The Balaban J connectivity index is 1.42. The minimum Gasteiger partial charge on any atom is -0.469 e. The molecule has 1 atom stereocenters. The van der Waals surface area contributed by atoms with Crippen molar-refractivity contribution in [1.82, 2.24) is 4.90 Å². The molecule has 3 aromatic rings. The molecule has 3 aliphatic heterocycles. The summed E-state index contributed by atoms with van der Waals surface area (Å²) in [7, 11) is 0. The first-order valence-corrected chi connectivity index (χ1v) is 10.5. The average Bonchev–Trinajstić information content (AvgIpc) is 3.45. The van der Waals surface area contributed by atoms with E-state index in [1.165, 1.54) is 10.6 Å². The number of urea groups is 1. The van der Waals surface area contributed by atoms with Crippen LogP contribution >= 0.6 is 0 Å². The van der Waals surface area contributed by atoms with Crippen LogP contribution in [0.1, 0.15) is 16.7 Å². The monoisotopic (exact) mass is 445 g/mol. The van der Waals surface area contributed by atoms with E-state index in [-0.39, 0.29) is 19.9 Å². The zero-order valence-electron chi connectivity index (χ0n) is 17.4. The van der Waals surface area contributed by atoms with E-state index in [2.05, 4.69) is 0 Å². The Hall–Kier alpha value is -4.20. The molecule has 3 aromatic carbocycles. The second-order valence-corrected chi connectivity index (χ2v) is 7.95. The Bertz CT molecular complexity index is 1350. The summed E-state index contributed by atoms with van der Waals surface area (Å²) < 4.78 is 32.6. The number of fused-ring (bicyclic) bond motifs is 4. The fourth-order valence-corrected chi connectivity index (χ4v) is 4.36. The van der Waals surface area contributed by atoms with Crippen molar-refractivity contribution in [3.8, 4) is 17.2 Å². The Kier molecular flexibility index (Phi) is 4.39. The molecule has 3 aliphatic rings. The summed E-state index contributed by atoms with van der Waals surface area (Å²) in [6, 6.07) is 18.2. The number of carbonyl (C=O) groups excluding carboxylic acids is 2. The van der Waals surface area contributed by atoms with Crippen molar-refractivity contribution in [3.63, 3.8) is 0 Å². The van der Waals surface area contributed by atoms with Gasteiger partial charge in [-0.2, -0.15) is 14.3 Å². The molecule has 0 N–H and O–H groups in total. The molecule has 3 heterocycles. The molecule has 164 valence electrons. The van der Waals surface area contributed by atoms with Crippen molar-refractivity contribution in [2.75, 3.05) is 6.79 Å². The highest BCUT2D eigenvalue weighted by atomic mass is 19.1. The minimum atomic E-state index is -0.985. The van der Waals surface area contributed by atoms with Gasteiger partial charge in [-0.15, -0.1) is 0 Å². The Morgan fingerprint density at radius 1 is 0.939 bits per heavy atom. The number of halogens is 1. The summed E-state index contributed by atoms with van der Waals surface area (Å²) in [5.74, 6) is 0.801. The number of nitrogens with zero attached hydrogens (tertiary/aromatic N) is 2. The molecule has 0 saturated carbocycles. The van der Waals surface area contributed by atoms with Gasteiger partial charge >= 0.3 is 11.9 Å². The van der Waals surface area contributed by atoms with E-state index >= 15 is 0 Å². The number of hydrogen-bond donors (Lipinski definition) is 0. The average molecular weight is 445 g/mol. The molecule has 1 unspecified atom stereocenters. The molecule has 33 heavy (non-hydrogen) atoms. The lowest BCUT2D eigenvalue weighted by Crippen LogP contribution is -2.57. The molecule has 0 aromatic heterocycles. The largest absolute Gasteiger partial charge is 0.501 e. The fourth-order valence-electron chi connectivity index (χ4n) is 4.36. The van der Waals surface area contributed by atoms with Gasteiger partial charge in [-0.3, -0.25) is 0 Å². The van der Waals surface area contributed by atoms with Gasteiger partial charge in [0, 0.05) is 5.56 Å². The van der Waals surface area contributed by atoms with E-state index < -0.39 is 23.9 Å². The van der Waals surface area contributed by atoms with Crippen molar-refractivity contribution >= 4 is 17.6 Å². The van der Waals surface area contributed by atoms with Gasteiger partial charge in [0.25, 0.3) is 6.10 Å². The molecule has 8 heteroatoms. The number of ether oxygens (including phenoxy) is 3. The van der Waals surface area contributed by atoms with Crippen LogP contribution in [0.5, 0.6) is 17.2 Å². The van der Waals surface area contributed by atoms with Gasteiger partial charge in [-0.1, -0.05) is 36.4 Å². The summed E-state index contributed by atoms with van der Waals surface area (Å²) in [4.78, 5) is 28.1. The molecule has 3 amide bonds. The molecule has 7 nitrogen and oxygen atoms in total. The van der Waals surface area contributed by atoms with Gasteiger partial charge in [0.2, 0.25) is 6.79 Å². The van der Waals surface area contributed by atoms with E-state index in [1.54, 1.807) is 54.6 Å². The van der Waals surface area contributed by atoms with Crippen LogP contribution in [0.4, 0.5) is 9.18 Å². The first-order chi connectivity index (χ1) is 16.1. The molecule has 0 bridgehead atoms. The Morgan fingerprint density at radius 2 is 1.73 bits per heavy atom. The van der Waals surface area contributed by atoms with Crippen molar-refractivity contribution in [2.45, 2.75) is 19.2 Å². The lowest BCUT2D eigenvalue weighted by atomic mass is 10.0. The third-order valence-corrected chi connectivity index (χ3v) is 5.96. The number of hydrogen-bond acceptors (Lipinski definition) is 5. The van der Waals surface area contributed by atoms with E-state index in [9.17, 15) is 14.0 Å². The highest BCUT2D eigenvalue weighted by Gasteiger charge is 2.53. The third-order valence-electron chi connectivity index (χ3n) is 5.96. The maximum Gasteiger partial charge on any atom is 0.501 e. The van der Waals surface area contributed by atoms with Crippen molar-refractivity contribution in [2.24, 2.45) is 0 Å². The summed E-state index contributed by atoms with van der Waals surface area (Å²) >= 11 is 0. The zero-order valence-corrected chi connectivity index (χ0v) is 17.4. The number of rotatable bonds is 4. The van der Waals surface area contributed by atoms with Crippen molar-refractivity contribution in [1.29, 1.82) is 0 Å². The molecule has 0 aliphatic carbocycles.